The molecule has 5 heteroatoms. The van der Waals surface area contributed by atoms with Crippen molar-refractivity contribution in [1.82, 2.24) is 4.90 Å². The maximum Gasteiger partial charge on any atom is 0.254 e. The molecule has 1 aliphatic rings. The molecule has 1 unspecified atom stereocenters. The van der Waals surface area contributed by atoms with E-state index in [4.69, 9.17) is 4.74 Å². The number of rotatable bonds is 3. The van der Waals surface area contributed by atoms with Crippen molar-refractivity contribution in [1.29, 1.82) is 0 Å². The van der Waals surface area contributed by atoms with Crippen LogP contribution in [0.4, 0.5) is 4.39 Å². The minimum absolute atomic E-state index is 0.106. The van der Waals surface area contributed by atoms with Crippen LogP contribution >= 0.6 is 15.9 Å². The Morgan fingerprint density at radius 2 is 2.32 bits per heavy atom. The van der Waals surface area contributed by atoms with Gasteiger partial charge in [0.15, 0.2) is 11.6 Å². The molecule has 0 aromatic heterocycles. The third-order valence-corrected chi connectivity index (χ3v) is 4.21. The molecular weight excluding hydrogens is 313 g/mol. The van der Waals surface area contributed by atoms with Crippen LogP contribution in [0.1, 0.15) is 29.6 Å². The van der Waals surface area contributed by atoms with Gasteiger partial charge < -0.3 is 9.64 Å². The van der Waals surface area contributed by atoms with E-state index in [1.165, 1.54) is 19.2 Å². The van der Waals surface area contributed by atoms with Gasteiger partial charge in [-0.1, -0.05) is 15.9 Å². The van der Waals surface area contributed by atoms with Crippen LogP contribution in [0.2, 0.25) is 0 Å². The maximum absolute atomic E-state index is 13.7. The number of halogens is 2. The molecule has 1 aromatic carbocycles. The van der Waals surface area contributed by atoms with Crippen LogP contribution in [0.3, 0.4) is 0 Å². The number of benzene rings is 1. The van der Waals surface area contributed by atoms with Crippen molar-refractivity contribution in [2.75, 3.05) is 19.0 Å². The van der Waals surface area contributed by atoms with Crippen molar-refractivity contribution >= 4 is 21.8 Å². The fourth-order valence-electron chi connectivity index (χ4n) is 2.39. The molecule has 0 spiro atoms. The SMILES string of the molecule is COc1ccc(C(=O)N2CCCCC2CBr)cc1F. The monoisotopic (exact) mass is 329 g/mol. The predicted octanol–water partition coefficient (Wildman–Crippen LogP) is 3.22. The molecule has 104 valence electrons. The normalized spacial score (nSPS) is 19.3. The number of hydrogen-bond donors (Lipinski definition) is 0. The Balaban J connectivity index is 2.20. The second-order valence-corrected chi connectivity index (χ2v) is 5.30. The number of alkyl halides is 1. The summed E-state index contributed by atoms with van der Waals surface area (Å²) in [4.78, 5) is 14.3. The molecule has 0 N–H and O–H groups in total. The zero-order valence-electron chi connectivity index (χ0n) is 10.9. The van der Waals surface area contributed by atoms with Crippen LogP contribution in [0, 0.1) is 5.82 Å². The van der Waals surface area contributed by atoms with Crippen molar-refractivity contribution < 1.29 is 13.9 Å². The number of carbonyl (C=O) groups excluding carboxylic acids is 1. The Morgan fingerprint density at radius 1 is 1.53 bits per heavy atom. The summed E-state index contributed by atoms with van der Waals surface area (Å²) >= 11 is 3.44. The average Bonchev–Trinajstić information content (AvgIpc) is 2.46. The summed E-state index contributed by atoms with van der Waals surface area (Å²) in [6.07, 6.45) is 3.14. The van der Waals surface area contributed by atoms with Crippen LogP contribution in [-0.4, -0.2) is 35.8 Å². The van der Waals surface area contributed by atoms with Gasteiger partial charge in [-0.2, -0.15) is 0 Å². The number of amides is 1. The topological polar surface area (TPSA) is 29.5 Å². The highest BCUT2D eigenvalue weighted by molar-refractivity contribution is 9.09. The van der Waals surface area contributed by atoms with Gasteiger partial charge >= 0.3 is 0 Å². The van der Waals surface area contributed by atoms with Gasteiger partial charge in [-0.05, 0) is 37.5 Å². The molecule has 1 amide bonds. The van der Waals surface area contributed by atoms with E-state index < -0.39 is 5.82 Å². The van der Waals surface area contributed by atoms with Gasteiger partial charge in [0.1, 0.15) is 0 Å². The average molecular weight is 330 g/mol. The first kappa shape index (κ1) is 14.3. The third-order valence-electron chi connectivity index (χ3n) is 3.46. The van der Waals surface area contributed by atoms with E-state index in [9.17, 15) is 9.18 Å². The number of likely N-dealkylation sites (tertiary alicyclic amines) is 1. The number of hydrogen-bond acceptors (Lipinski definition) is 2. The predicted molar refractivity (Wildman–Crippen MR) is 75.4 cm³/mol. The van der Waals surface area contributed by atoms with Crippen molar-refractivity contribution in [3.63, 3.8) is 0 Å². The first-order valence-electron chi connectivity index (χ1n) is 6.38. The van der Waals surface area contributed by atoms with E-state index in [1.54, 1.807) is 6.07 Å². The second kappa shape index (κ2) is 6.37. The van der Waals surface area contributed by atoms with Crippen molar-refractivity contribution in [3.8, 4) is 5.75 Å². The minimum Gasteiger partial charge on any atom is -0.494 e. The zero-order valence-corrected chi connectivity index (χ0v) is 12.5. The Hall–Kier alpha value is -1.10. The van der Waals surface area contributed by atoms with Crippen LogP contribution < -0.4 is 4.74 Å². The van der Waals surface area contributed by atoms with Crippen LogP contribution in [0.15, 0.2) is 18.2 Å². The number of methoxy groups -OCH3 is 1. The molecule has 1 saturated heterocycles. The molecule has 2 rings (SSSR count). The molecule has 19 heavy (non-hydrogen) atoms. The van der Waals surface area contributed by atoms with Gasteiger partial charge in [-0.3, -0.25) is 4.79 Å². The first-order chi connectivity index (χ1) is 9.17. The highest BCUT2D eigenvalue weighted by atomic mass is 79.9. The molecule has 1 atom stereocenters. The molecule has 1 fully saturated rings. The van der Waals surface area contributed by atoms with Gasteiger partial charge in [0.25, 0.3) is 5.91 Å². The Kier molecular flexibility index (Phi) is 4.80. The maximum atomic E-state index is 13.7. The molecule has 0 saturated carbocycles. The number of piperidine rings is 1. The summed E-state index contributed by atoms with van der Waals surface area (Å²) in [6.45, 7) is 0.739. The van der Waals surface area contributed by atoms with E-state index in [-0.39, 0.29) is 17.7 Å². The summed E-state index contributed by atoms with van der Waals surface area (Å²) in [5, 5.41) is 0.761. The smallest absolute Gasteiger partial charge is 0.254 e. The van der Waals surface area contributed by atoms with E-state index in [0.717, 1.165) is 31.1 Å². The van der Waals surface area contributed by atoms with E-state index >= 15 is 0 Å². The van der Waals surface area contributed by atoms with Crippen molar-refractivity contribution in [2.24, 2.45) is 0 Å². The highest BCUT2D eigenvalue weighted by Gasteiger charge is 2.27. The number of ether oxygens (including phenoxy) is 1. The Labute approximate surface area is 120 Å². The first-order valence-corrected chi connectivity index (χ1v) is 7.50. The van der Waals surface area contributed by atoms with Gasteiger partial charge in [-0.15, -0.1) is 0 Å². The summed E-state index contributed by atoms with van der Waals surface area (Å²) in [5.41, 5.74) is 0.381. The quantitative estimate of drug-likeness (QED) is 0.797. The summed E-state index contributed by atoms with van der Waals surface area (Å²) in [7, 11) is 1.41. The van der Waals surface area contributed by atoms with Gasteiger partial charge in [0, 0.05) is 23.5 Å². The lowest BCUT2D eigenvalue weighted by atomic mass is 10.0. The second-order valence-electron chi connectivity index (χ2n) is 4.65. The van der Waals surface area contributed by atoms with E-state index in [0.29, 0.717) is 5.56 Å². The lowest BCUT2D eigenvalue weighted by molar-refractivity contribution is 0.0641. The largest absolute Gasteiger partial charge is 0.494 e. The zero-order chi connectivity index (χ0) is 13.8. The lowest BCUT2D eigenvalue weighted by Crippen LogP contribution is -2.44. The number of carbonyl (C=O) groups is 1. The van der Waals surface area contributed by atoms with E-state index in [1.807, 2.05) is 4.90 Å². The minimum atomic E-state index is -0.499. The standard InChI is InChI=1S/C14H17BrFNO2/c1-19-13-6-5-10(8-12(13)16)14(18)17-7-3-2-4-11(17)9-15/h5-6,8,11H,2-4,7,9H2,1H3. The molecule has 0 radical (unpaired) electrons. The Bertz CT molecular complexity index is 467. The lowest BCUT2D eigenvalue weighted by Gasteiger charge is -2.34. The highest BCUT2D eigenvalue weighted by Crippen LogP contribution is 2.23. The van der Waals surface area contributed by atoms with E-state index in [2.05, 4.69) is 15.9 Å². The Morgan fingerprint density at radius 3 is 2.95 bits per heavy atom. The van der Waals surface area contributed by atoms with Gasteiger partial charge in [-0.25, -0.2) is 4.39 Å². The molecular formula is C14H17BrFNO2. The van der Waals surface area contributed by atoms with Crippen LogP contribution in [0.5, 0.6) is 5.75 Å². The molecule has 0 aliphatic carbocycles. The van der Waals surface area contributed by atoms with Gasteiger partial charge in [0.2, 0.25) is 0 Å². The molecule has 1 aliphatic heterocycles. The van der Waals surface area contributed by atoms with Gasteiger partial charge in [0.05, 0.1) is 7.11 Å². The molecule has 1 heterocycles. The molecule has 0 bridgehead atoms. The summed E-state index contributed by atoms with van der Waals surface area (Å²) < 4.78 is 18.5. The fraction of sp³-hybridized carbons (Fsp3) is 0.500. The van der Waals surface area contributed by atoms with Crippen molar-refractivity contribution in [3.05, 3.63) is 29.6 Å². The fourth-order valence-corrected chi connectivity index (χ4v) is 3.07. The van der Waals surface area contributed by atoms with Crippen molar-refractivity contribution in [2.45, 2.75) is 25.3 Å². The molecule has 1 aromatic rings. The van der Waals surface area contributed by atoms with Crippen LogP contribution in [0.25, 0.3) is 0 Å². The van der Waals surface area contributed by atoms with Crippen LogP contribution in [-0.2, 0) is 0 Å². The number of nitrogens with zero attached hydrogens (tertiary/aromatic N) is 1. The third kappa shape index (κ3) is 3.08. The summed E-state index contributed by atoms with van der Waals surface area (Å²) in [6, 6.07) is 4.56. The summed E-state index contributed by atoms with van der Waals surface area (Å²) in [5.74, 6) is -0.446. The molecule has 3 nitrogen and oxygen atoms in total.